The SMILES string of the molecule is O=C(Cc1csc2ccccc12)NCC(C(=O)O)C1CCOCC1. The first kappa shape index (κ1) is 16.9. The van der Waals surface area contributed by atoms with E-state index in [9.17, 15) is 14.7 Å². The second kappa shape index (κ2) is 7.77. The van der Waals surface area contributed by atoms with Gasteiger partial charge in [0.05, 0.1) is 12.3 Å². The molecule has 1 fully saturated rings. The van der Waals surface area contributed by atoms with Crippen LogP contribution in [0.2, 0.25) is 0 Å². The molecule has 5 nitrogen and oxygen atoms in total. The van der Waals surface area contributed by atoms with Crippen LogP contribution in [0.5, 0.6) is 0 Å². The lowest BCUT2D eigenvalue weighted by atomic mass is 9.86. The van der Waals surface area contributed by atoms with Crippen molar-refractivity contribution in [1.82, 2.24) is 5.32 Å². The minimum absolute atomic E-state index is 0.0681. The summed E-state index contributed by atoms with van der Waals surface area (Å²) in [4.78, 5) is 23.8. The summed E-state index contributed by atoms with van der Waals surface area (Å²) in [7, 11) is 0. The Morgan fingerprint density at radius 1 is 1.29 bits per heavy atom. The predicted octanol–water partition coefficient (Wildman–Crippen LogP) is 2.69. The zero-order valence-electron chi connectivity index (χ0n) is 13.4. The first-order valence-corrected chi connectivity index (χ1v) is 9.05. The Hall–Kier alpha value is -1.92. The molecule has 1 aromatic carbocycles. The van der Waals surface area contributed by atoms with Crippen LogP contribution in [0.3, 0.4) is 0 Å². The number of hydrogen-bond acceptors (Lipinski definition) is 4. The fraction of sp³-hybridized carbons (Fsp3) is 0.444. The van der Waals surface area contributed by atoms with Gasteiger partial charge in [0.1, 0.15) is 0 Å². The molecule has 3 rings (SSSR count). The van der Waals surface area contributed by atoms with Gasteiger partial charge in [0, 0.05) is 24.5 Å². The average Bonchev–Trinajstić information content (AvgIpc) is 2.99. The van der Waals surface area contributed by atoms with Crippen LogP contribution in [-0.4, -0.2) is 36.7 Å². The highest BCUT2D eigenvalue weighted by molar-refractivity contribution is 7.17. The normalized spacial score (nSPS) is 16.8. The fourth-order valence-corrected chi connectivity index (χ4v) is 4.17. The van der Waals surface area contributed by atoms with Crippen LogP contribution in [0.1, 0.15) is 18.4 Å². The summed E-state index contributed by atoms with van der Waals surface area (Å²) in [6.45, 7) is 1.38. The molecular formula is C18H21NO4S. The van der Waals surface area contributed by atoms with E-state index in [1.54, 1.807) is 11.3 Å². The number of benzene rings is 1. The van der Waals surface area contributed by atoms with Gasteiger partial charge in [-0.05, 0) is 41.2 Å². The Bertz CT molecular complexity index is 721. The minimum atomic E-state index is -0.844. The number of fused-ring (bicyclic) bond motifs is 1. The van der Waals surface area contributed by atoms with Crippen LogP contribution in [0.4, 0.5) is 0 Å². The Kier molecular flexibility index (Phi) is 5.48. The van der Waals surface area contributed by atoms with Crippen molar-refractivity contribution in [3.05, 3.63) is 35.2 Å². The van der Waals surface area contributed by atoms with Gasteiger partial charge in [0.25, 0.3) is 0 Å². The molecule has 2 aromatic rings. The third-order valence-electron chi connectivity index (χ3n) is 4.58. The van der Waals surface area contributed by atoms with E-state index in [1.807, 2.05) is 29.6 Å². The Morgan fingerprint density at radius 2 is 2.04 bits per heavy atom. The number of nitrogens with one attached hydrogen (secondary N) is 1. The molecule has 0 radical (unpaired) electrons. The van der Waals surface area contributed by atoms with Gasteiger partial charge in [-0.25, -0.2) is 0 Å². The number of ether oxygens (including phenoxy) is 1. The molecule has 0 aliphatic carbocycles. The van der Waals surface area contributed by atoms with Gasteiger partial charge in [-0.2, -0.15) is 0 Å². The second-order valence-corrected chi connectivity index (χ2v) is 7.04. The topological polar surface area (TPSA) is 75.6 Å². The molecule has 1 saturated heterocycles. The van der Waals surface area contributed by atoms with Crippen LogP contribution in [0.25, 0.3) is 10.1 Å². The van der Waals surface area contributed by atoms with Gasteiger partial charge < -0.3 is 15.2 Å². The summed E-state index contributed by atoms with van der Waals surface area (Å²) in [6.07, 6.45) is 1.76. The van der Waals surface area contributed by atoms with Crippen molar-refractivity contribution in [2.45, 2.75) is 19.3 Å². The van der Waals surface area contributed by atoms with Crippen molar-refractivity contribution in [1.29, 1.82) is 0 Å². The smallest absolute Gasteiger partial charge is 0.308 e. The van der Waals surface area contributed by atoms with Crippen molar-refractivity contribution < 1.29 is 19.4 Å². The maximum Gasteiger partial charge on any atom is 0.308 e. The zero-order valence-corrected chi connectivity index (χ0v) is 14.2. The zero-order chi connectivity index (χ0) is 16.9. The largest absolute Gasteiger partial charge is 0.481 e. The molecule has 6 heteroatoms. The number of hydrogen-bond donors (Lipinski definition) is 2. The van der Waals surface area contributed by atoms with E-state index in [2.05, 4.69) is 5.32 Å². The number of carbonyl (C=O) groups excluding carboxylic acids is 1. The maximum absolute atomic E-state index is 12.2. The summed E-state index contributed by atoms with van der Waals surface area (Å²) in [5.41, 5.74) is 0.992. The van der Waals surface area contributed by atoms with Gasteiger partial charge in [-0.3, -0.25) is 9.59 Å². The van der Waals surface area contributed by atoms with Crippen LogP contribution < -0.4 is 5.32 Å². The Balaban J connectivity index is 1.58. The fourth-order valence-electron chi connectivity index (χ4n) is 3.20. The number of carboxylic acid groups (broad SMARTS) is 1. The lowest BCUT2D eigenvalue weighted by Crippen LogP contribution is -2.39. The summed E-state index contributed by atoms with van der Waals surface area (Å²) < 4.78 is 6.45. The molecule has 2 N–H and O–H groups in total. The molecule has 1 atom stereocenters. The monoisotopic (exact) mass is 347 g/mol. The van der Waals surface area contributed by atoms with Crippen LogP contribution in [0, 0.1) is 11.8 Å². The van der Waals surface area contributed by atoms with Gasteiger partial charge >= 0.3 is 5.97 Å². The Labute approximate surface area is 144 Å². The van der Waals surface area contributed by atoms with Crippen molar-refractivity contribution in [3.63, 3.8) is 0 Å². The lowest BCUT2D eigenvalue weighted by molar-refractivity contribution is -0.144. The highest BCUT2D eigenvalue weighted by atomic mass is 32.1. The van der Waals surface area contributed by atoms with Crippen molar-refractivity contribution >= 4 is 33.3 Å². The number of rotatable bonds is 6. The standard InChI is InChI=1S/C18H21NO4S/c20-17(9-13-11-24-16-4-2-1-3-14(13)16)19-10-15(18(21)22)12-5-7-23-8-6-12/h1-4,11-12,15H,5-10H2,(H,19,20)(H,21,22). The number of carbonyl (C=O) groups is 2. The van der Waals surface area contributed by atoms with Crippen molar-refractivity contribution in [3.8, 4) is 0 Å². The van der Waals surface area contributed by atoms with Crippen molar-refractivity contribution in [2.24, 2.45) is 11.8 Å². The molecule has 1 unspecified atom stereocenters. The van der Waals surface area contributed by atoms with E-state index in [4.69, 9.17) is 4.74 Å². The maximum atomic E-state index is 12.2. The van der Waals surface area contributed by atoms with E-state index < -0.39 is 11.9 Å². The van der Waals surface area contributed by atoms with Crippen LogP contribution >= 0.6 is 11.3 Å². The number of thiophene rings is 1. The third-order valence-corrected chi connectivity index (χ3v) is 5.60. The molecule has 24 heavy (non-hydrogen) atoms. The summed E-state index contributed by atoms with van der Waals surface area (Å²) in [5.74, 6) is -1.45. The first-order valence-electron chi connectivity index (χ1n) is 8.17. The van der Waals surface area contributed by atoms with E-state index in [1.165, 1.54) is 0 Å². The molecule has 1 aliphatic rings. The van der Waals surface area contributed by atoms with E-state index in [-0.39, 0.29) is 24.8 Å². The highest BCUT2D eigenvalue weighted by Crippen LogP contribution is 2.26. The minimum Gasteiger partial charge on any atom is -0.481 e. The van der Waals surface area contributed by atoms with Gasteiger partial charge in [0.2, 0.25) is 5.91 Å². The van der Waals surface area contributed by atoms with Gasteiger partial charge in [-0.15, -0.1) is 11.3 Å². The Morgan fingerprint density at radius 3 is 2.79 bits per heavy atom. The number of amides is 1. The van der Waals surface area contributed by atoms with Gasteiger partial charge in [0.15, 0.2) is 0 Å². The molecule has 1 aliphatic heterocycles. The average molecular weight is 347 g/mol. The molecule has 2 heterocycles. The second-order valence-electron chi connectivity index (χ2n) is 6.13. The van der Waals surface area contributed by atoms with Crippen LogP contribution in [0.15, 0.2) is 29.6 Å². The van der Waals surface area contributed by atoms with E-state index in [0.717, 1.165) is 28.5 Å². The summed E-state index contributed by atoms with van der Waals surface area (Å²) >= 11 is 1.62. The molecule has 1 amide bonds. The van der Waals surface area contributed by atoms with Crippen molar-refractivity contribution in [2.75, 3.05) is 19.8 Å². The summed E-state index contributed by atoms with van der Waals surface area (Å²) in [6, 6.07) is 7.99. The quantitative estimate of drug-likeness (QED) is 0.842. The molecule has 1 aromatic heterocycles. The molecule has 0 saturated carbocycles. The molecule has 128 valence electrons. The van der Waals surface area contributed by atoms with Crippen LogP contribution in [-0.2, 0) is 20.7 Å². The number of carboxylic acids is 1. The summed E-state index contributed by atoms with van der Waals surface area (Å²) in [5, 5.41) is 15.3. The van der Waals surface area contributed by atoms with E-state index in [0.29, 0.717) is 13.2 Å². The first-order chi connectivity index (χ1) is 11.6. The number of aliphatic carboxylic acids is 1. The van der Waals surface area contributed by atoms with Gasteiger partial charge in [-0.1, -0.05) is 18.2 Å². The molecular weight excluding hydrogens is 326 g/mol. The highest BCUT2D eigenvalue weighted by Gasteiger charge is 2.30. The predicted molar refractivity (Wildman–Crippen MR) is 93.2 cm³/mol. The lowest BCUT2D eigenvalue weighted by Gasteiger charge is -2.27. The van der Waals surface area contributed by atoms with E-state index >= 15 is 0 Å². The molecule has 0 bridgehead atoms. The molecule has 0 spiro atoms. The third kappa shape index (κ3) is 3.94.